The van der Waals surface area contributed by atoms with Gasteiger partial charge in [0.15, 0.2) is 0 Å². The van der Waals surface area contributed by atoms with Crippen LogP contribution in [-0.4, -0.2) is 12.6 Å². The van der Waals surface area contributed by atoms with Gasteiger partial charge in [0.05, 0.1) is 0 Å². The van der Waals surface area contributed by atoms with Crippen LogP contribution < -0.4 is 10.6 Å². The lowest BCUT2D eigenvalue weighted by Gasteiger charge is -2.23. The fourth-order valence-electron chi connectivity index (χ4n) is 1.90. The SMILES string of the molecule is CCN(c1cccc(CN)c1)C1CC1. The molecule has 1 aliphatic carbocycles. The van der Waals surface area contributed by atoms with Crippen LogP contribution in [0.3, 0.4) is 0 Å². The Bertz CT molecular complexity index is 305. The molecule has 0 amide bonds. The minimum atomic E-state index is 0.635. The molecular formula is C12H18N2. The Morgan fingerprint density at radius 1 is 1.43 bits per heavy atom. The summed E-state index contributed by atoms with van der Waals surface area (Å²) in [5.41, 5.74) is 8.19. The zero-order valence-electron chi connectivity index (χ0n) is 8.74. The van der Waals surface area contributed by atoms with Crippen molar-refractivity contribution in [1.82, 2.24) is 0 Å². The van der Waals surface area contributed by atoms with Crippen molar-refractivity contribution >= 4 is 5.69 Å². The normalized spacial score (nSPS) is 15.6. The molecule has 1 saturated carbocycles. The Morgan fingerprint density at radius 2 is 2.21 bits per heavy atom. The highest BCUT2D eigenvalue weighted by Gasteiger charge is 2.27. The molecule has 0 unspecified atom stereocenters. The zero-order valence-corrected chi connectivity index (χ0v) is 8.74. The lowest BCUT2D eigenvalue weighted by atomic mass is 10.2. The first-order valence-corrected chi connectivity index (χ1v) is 5.40. The van der Waals surface area contributed by atoms with Crippen molar-refractivity contribution in [2.75, 3.05) is 11.4 Å². The molecule has 1 aliphatic rings. The van der Waals surface area contributed by atoms with E-state index < -0.39 is 0 Å². The minimum absolute atomic E-state index is 0.635. The quantitative estimate of drug-likeness (QED) is 0.788. The van der Waals surface area contributed by atoms with E-state index in [2.05, 4.69) is 36.1 Å². The molecule has 0 atom stereocenters. The monoisotopic (exact) mass is 190 g/mol. The lowest BCUT2D eigenvalue weighted by molar-refractivity contribution is 0.825. The van der Waals surface area contributed by atoms with Gasteiger partial charge in [0.1, 0.15) is 0 Å². The summed E-state index contributed by atoms with van der Waals surface area (Å²) >= 11 is 0. The van der Waals surface area contributed by atoms with Gasteiger partial charge < -0.3 is 10.6 Å². The molecule has 0 heterocycles. The van der Waals surface area contributed by atoms with Crippen LogP contribution in [0, 0.1) is 0 Å². The Labute approximate surface area is 85.7 Å². The molecular weight excluding hydrogens is 172 g/mol. The van der Waals surface area contributed by atoms with Crippen molar-refractivity contribution in [2.45, 2.75) is 32.4 Å². The smallest absolute Gasteiger partial charge is 0.0371 e. The third-order valence-electron chi connectivity index (χ3n) is 2.81. The maximum absolute atomic E-state index is 5.63. The second-order valence-electron chi connectivity index (χ2n) is 3.89. The Hall–Kier alpha value is -1.02. The summed E-state index contributed by atoms with van der Waals surface area (Å²) in [6.45, 7) is 3.95. The number of anilines is 1. The van der Waals surface area contributed by atoms with Gasteiger partial charge in [-0.1, -0.05) is 12.1 Å². The summed E-state index contributed by atoms with van der Waals surface area (Å²) in [5, 5.41) is 0. The second-order valence-corrected chi connectivity index (χ2v) is 3.89. The second kappa shape index (κ2) is 4.01. The molecule has 76 valence electrons. The number of nitrogens with zero attached hydrogens (tertiary/aromatic N) is 1. The number of hydrogen-bond acceptors (Lipinski definition) is 2. The van der Waals surface area contributed by atoms with Crippen LogP contribution in [-0.2, 0) is 6.54 Å². The summed E-state index contributed by atoms with van der Waals surface area (Å²) in [5.74, 6) is 0. The van der Waals surface area contributed by atoms with E-state index in [1.807, 2.05) is 0 Å². The molecule has 0 aromatic heterocycles. The molecule has 1 fully saturated rings. The molecule has 0 spiro atoms. The molecule has 1 aromatic carbocycles. The molecule has 2 nitrogen and oxygen atoms in total. The highest BCUT2D eigenvalue weighted by atomic mass is 15.2. The predicted molar refractivity (Wildman–Crippen MR) is 60.4 cm³/mol. The molecule has 0 saturated heterocycles. The van der Waals surface area contributed by atoms with Crippen LogP contribution in [0.1, 0.15) is 25.3 Å². The molecule has 1 aromatic rings. The summed E-state index contributed by atoms with van der Waals surface area (Å²) in [7, 11) is 0. The molecule has 0 bridgehead atoms. The van der Waals surface area contributed by atoms with E-state index in [-0.39, 0.29) is 0 Å². The summed E-state index contributed by atoms with van der Waals surface area (Å²) in [6.07, 6.45) is 2.70. The Morgan fingerprint density at radius 3 is 2.79 bits per heavy atom. The Kier molecular flexibility index (Phi) is 2.73. The summed E-state index contributed by atoms with van der Waals surface area (Å²) in [6, 6.07) is 9.36. The van der Waals surface area contributed by atoms with Crippen molar-refractivity contribution in [1.29, 1.82) is 0 Å². The summed E-state index contributed by atoms with van der Waals surface area (Å²) in [4.78, 5) is 2.47. The van der Waals surface area contributed by atoms with Crippen LogP contribution in [0.5, 0.6) is 0 Å². The van der Waals surface area contributed by atoms with E-state index in [1.165, 1.54) is 24.1 Å². The average molecular weight is 190 g/mol. The molecule has 0 aliphatic heterocycles. The van der Waals surface area contributed by atoms with Crippen molar-refractivity contribution in [3.8, 4) is 0 Å². The maximum Gasteiger partial charge on any atom is 0.0371 e. The van der Waals surface area contributed by atoms with Crippen molar-refractivity contribution in [3.05, 3.63) is 29.8 Å². The van der Waals surface area contributed by atoms with Gasteiger partial charge in [-0.3, -0.25) is 0 Å². The number of hydrogen-bond donors (Lipinski definition) is 1. The van der Waals surface area contributed by atoms with E-state index in [9.17, 15) is 0 Å². The number of nitrogens with two attached hydrogens (primary N) is 1. The van der Waals surface area contributed by atoms with Crippen molar-refractivity contribution < 1.29 is 0 Å². The largest absolute Gasteiger partial charge is 0.369 e. The van der Waals surface area contributed by atoms with Crippen molar-refractivity contribution in [3.63, 3.8) is 0 Å². The average Bonchev–Trinajstić information content (AvgIpc) is 3.04. The number of rotatable bonds is 4. The van der Waals surface area contributed by atoms with Crippen LogP contribution in [0.15, 0.2) is 24.3 Å². The first kappa shape index (κ1) is 9.53. The van der Waals surface area contributed by atoms with E-state index in [0.717, 1.165) is 12.6 Å². The van der Waals surface area contributed by atoms with E-state index >= 15 is 0 Å². The van der Waals surface area contributed by atoms with Crippen molar-refractivity contribution in [2.24, 2.45) is 5.73 Å². The third-order valence-corrected chi connectivity index (χ3v) is 2.81. The first-order chi connectivity index (χ1) is 6.85. The standard InChI is InChI=1S/C12H18N2/c1-2-14(11-6-7-11)12-5-3-4-10(8-12)9-13/h3-5,8,11H,2,6-7,9,13H2,1H3. The van der Waals surface area contributed by atoms with Gasteiger partial charge in [0.2, 0.25) is 0 Å². The zero-order chi connectivity index (χ0) is 9.97. The van der Waals surface area contributed by atoms with Gasteiger partial charge in [-0.25, -0.2) is 0 Å². The number of benzene rings is 1. The van der Waals surface area contributed by atoms with Gasteiger partial charge in [-0.05, 0) is 37.5 Å². The topological polar surface area (TPSA) is 29.3 Å². The van der Waals surface area contributed by atoms with Crippen LogP contribution in [0.25, 0.3) is 0 Å². The lowest BCUT2D eigenvalue weighted by Crippen LogP contribution is -2.25. The van der Waals surface area contributed by atoms with Gasteiger partial charge >= 0.3 is 0 Å². The fourth-order valence-corrected chi connectivity index (χ4v) is 1.90. The van der Waals surface area contributed by atoms with Gasteiger partial charge in [-0.2, -0.15) is 0 Å². The molecule has 2 heteroatoms. The van der Waals surface area contributed by atoms with Gasteiger partial charge in [0, 0.05) is 24.8 Å². The Balaban J connectivity index is 2.20. The van der Waals surface area contributed by atoms with Gasteiger partial charge in [-0.15, -0.1) is 0 Å². The minimum Gasteiger partial charge on any atom is -0.369 e. The van der Waals surface area contributed by atoms with Crippen LogP contribution in [0.4, 0.5) is 5.69 Å². The highest BCUT2D eigenvalue weighted by molar-refractivity contribution is 5.50. The van der Waals surface area contributed by atoms with Gasteiger partial charge in [0.25, 0.3) is 0 Å². The molecule has 0 radical (unpaired) electrons. The summed E-state index contributed by atoms with van der Waals surface area (Å²) < 4.78 is 0. The molecule has 2 N–H and O–H groups in total. The fraction of sp³-hybridized carbons (Fsp3) is 0.500. The predicted octanol–water partition coefficient (Wildman–Crippen LogP) is 2.13. The first-order valence-electron chi connectivity index (χ1n) is 5.40. The van der Waals surface area contributed by atoms with E-state index in [0.29, 0.717) is 6.54 Å². The maximum atomic E-state index is 5.63. The van der Waals surface area contributed by atoms with E-state index in [1.54, 1.807) is 0 Å². The van der Waals surface area contributed by atoms with Crippen LogP contribution in [0.2, 0.25) is 0 Å². The van der Waals surface area contributed by atoms with E-state index in [4.69, 9.17) is 5.73 Å². The third kappa shape index (κ3) is 1.90. The van der Waals surface area contributed by atoms with Crippen LogP contribution >= 0.6 is 0 Å². The highest BCUT2D eigenvalue weighted by Crippen LogP contribution is 2.31. The molecule has 2 rings (SSSR count). The molecule has 14 heavy (non-hydrogen) atoms.